The number of imidazole rings is 1. The minimum atomic E-state index is 0.678. The van der Waals surface area contributed by atoms with Crippen molar-refractivity contribution in [2.24, 2.45) is 0 Å². The molecule has 0 amide bonds. The van der Waals surface area contributed by atoms with Gasteiger partial charge in [0.05, 0.1) is 40.5 Å². The number of ether oxygens (including phenoxy) is 1. The number of nitrogens with one attached hydrogen (secondary N) is 2. The highest BCUT2D eigenvalue weighted by Crippen LogP contribution is 2.20. The molecule has 2 rings (SSSR count). The number of anilines is 1. The zero-order chi connectivity index (χ0) is 9.97. The molecule has 74 valence electrons. The van der Waals surface area contributed by atoms with Gasteiger partial charge in [-0.1, -0.05) is 0 Å². The zero-order valence-corrected chi connectivity index (χ0v) is 9.83. The van der Waals surface area contributed by atoms with Crippen LogP contribution in [0.5, 0.6) is 5.75 Å². The molecular formula is C9H10IN3O. The number of nitrogens with zero attached hydrogens (tertiary/aromatic N) is 1. The lowest BCUT2D eigenvalue weighted by atomic mass is 10.3. The number of rotatable bonds is 3. The maximum absolute atomic E-state index is 5.39. The monoisotopic (exact) mass is 303 g/mol. The van der Waals surface area contributed by atoms with Crippen LogP contribution in [-0.4, -0.2) is 16.6 Å². The summed E-state index contributed by atoms with van der Waals surface area (Å²) in [6, 6.07) is 5.81. The van der Waals surface area contributed by atoms with Crippen LogP contribution in [0, 0.1) is 0 Å². The first kappa shape index (κ1) is 9.57. The van der Waals surface area contributed by atoms with Gasteiger partial charge in [0.15, 0.2) is 0 Å². The fourth-order valence-electron chi connectivity index (χ4n) is 1.29. The van der Waals surface area contributed by atoms with Crippen LogP contribution < -0.4 is 8.27 Å². The number of benzene rings is 1. The van der Waals surface area contributed by atoms with Crippen LogP contribution in [-0.2, 0) is 0 Å². The van der Waals surface area contributed by atoms with Crippen LogP contribution in [0.3, 0.4) is 0 Å². The summed E-state index contributed by atoms with van der Waals surface area (Å²) in [5.41, 5.74) is 1.92. The van der Waals surface area contributed by atoms with E-state index in [0.717, 1.165) is 22.7 Å². The highest BCUT2D eigenvalue weighted by molar-refractivity contribution is 14.1. The summed E-state index contributed by atoms with van der Waals surface area (Å²) in [5, 5.41) is 0. The van der Waals surface area contributed by atoms with E-state index in [1.165, 1.54) is 0 Å². The van der Waals surface area contributed by atoms with E-state index in [1.807, 2.05) is 48.0 Å². The van der Waals surface area contributed by atoms with Crippen molar-refractivity contribution < 1.29 is 4.74 Å². The summed E-state index contributed by atoms with van der Waals surface area (Å²) in [4.78, 5) is 7.44. The van der Waals surface area contributed by atoms with Crippen LogP contribution in [0.4, 0.5) is 5.95 Å². The first-order chi connectivity index (χ1) is 6.83. The van der Waals surface area contributed by atoms with Crippen molar-refractivity contribution in [3.63, 3.8) is 0 Å². The molecule has 0 saturated carbocycles. The van der Waals surface area contributed by atoms with Gasteiger partial charge in [0.25, 0.3) is 0 Å². The average Bonchev–Trinajstić information content (AvgIpc) is 2.60. The molecule has 1 heterocycles. The smallest absolute Gasteiger partial charge is 0.210 e. The third-order valence-corrected chi connectivity index (χ3v) is 2.36. The van der Waals surface area contributed by atoms with Crippen LogP contribution >= 0.6 is 22.9 Å². The van der Waals surface area contributed by atoms with Crippen molar-refractivity contribution >= 4 is 39.8 Å². The van der Waals surface area contributed by atoms with Gasteiger partial charge in [0.2, 0.25) is 5.95 Å². The molecule has 0 saturated heterocycles. The molecule has 0 fully saturated rings. The van der Waals surface area contributed by atoms with E-state index in [9.17, 15) is 0 Å². The lowest BCUT2D eigenvalue weighted by Crippen LogP contribution is -1.90. The van der Waals surface area contributed by atoms with E-state index >= 15 is 0 Å². The Morgan fingerprint density at radius 3 is 3.14 bits per heavy atom. The Morgan fingerprint density at radius 2 is 2.43 bits per heavy atom. The van der Waals surface area contributed by atoms with Crippen molar-refractivity contribution in [2.45, 2.75) is 6.92 Å². The molecule has 0 unspecified atom stereocenters. The van der Waals surface area contributed by atoms with Gasteiger partial charge >= 0.3 is 0 Å². The van der Waals surface area contributed by atoms with Crippen LogP contribution in [0.25, 0.3) is 11.0 Å². The molecule has 0 atom stereocenters. The summed E-state index contributed by atoms with van der Waals surface area (Å²) in [6.07, 6.45) is 0. The normalized spacial score (nSPS) is 10.4. The molecule has 0 aliphatic carbocycles. The number of hydrogen-bond donors (Lipinski definition) is 2. The number of halogens is 1. The number of H-pyrrole nitrogens is 1. The van der Waals surface area contributed by atoms with E-state index in [-0.39, 0.29) is 0 Å². The highest BCUT2D eigenvalue weighted by Gasteiger charge is 2.02. The molecule has 2 N–H and O–H groups in total. The summed E-state index contributed by atoms with van der Waals surface area (Å²) in [6.45, 7) is 2.64. The topological polar surface area (TPSA) is 49.9 Å². The lowest BCUT2D eigenvalue weighted by molar-refractivity contribution is 0.340. The molecule has 0 spiro atoms. The average molecular weight is 303 g/mol. The van der Waals surface area contributed by atoms with Crippen molar-refractivity contribution in [1.82, 2.24) is 9.97 Å². The third kappa shape index (κ3) is 1.77. The Bertz CT molecular complexity index is 441. The Labute approximate surface area is 95.6 Å². The van der Waals surface area contributed by atoms with E-state index < -0.39 is 0 Å². The second kappa shape index (κ2) is 4.04. The second-order valence-corrected chi connectivity index (χ2v) is 3.33. The maximum Gasteiger partial charge on any atom is 0.210 e. The van der Waals surface area contributed by atoms with Gasteiger partial charge in [-0.15, -0.1) is 0 Å². The quantitative estimate of drug-likeness (QED) is 0.677. The molecule has 1 aromatic heterocycles. The molecule has 14 heavy (non-hydrogen) atoms. The minimum absolute atomic E-state index is 0.678. The maximum atomic E-state index is 5.39. The van der Waals surface area contributed by atoms with Gasteiger partial charge in [-0.05, 0) is 19.1 Å². The molecule has 4 nitrogen and oxygen atoms in total. The molecule has 2 aromatic rings. The van der Waals surface area contributed by atoms with Gasteiger partial charge in [-0.3, -0.25) is 3.53 Å². The highest BCUT2D eigenvalue weighted by atomic mass is 127. The van der Waals surface area contributed by atoms with Crippen LogP contribution in [0.1, 0.15) is 6.92 Å². The molecule has 0 bridgehead atoms. The van der Waals surface area contributed by atoms with Gasteiger partial charge in [-0.25, -0.2) is 4.98 Å². The van der Waals surface area contributed by atoms with E-state index in [4.69, 9.17) is 4.74 Å². The molecular weight excluding hydrogens is 293 g/mol. The van der Waals surface area contributed by atoms with Crippen molar-refractivity contribution in [3.8, 4) is 5.75 Å². The van der Waals surface area contributed by atoms with Gasteiger partial charge < -0.3 is 9.72 Å². The van der Waals surface area contributed by atoms with Gasteiger partial charge in [-0.2, -0.15) is 0 Å². The Kier molecular flexibility index (Phi) is 2.76. The number of aromatic nitrogens is 2. The predicted octanol–water partition coefficient (Wildman–Crippen LogP) is 2.72. The van der Waals surface area contributed by atoms with Crippen LogP contribution in [0.2, 0.25) is 0 Å². The fraction of sp³-hybridized carbons (Fsp3) is 0.222. The van der Waals surface area contributed by atoms with E-state index in [1.54, 1.807) is 0 Å². The number of aromatic amines is 1. The first-order valence-electron chi connectivity index (χ1n) is 4.32. The van der Waals surface area contributed by atoms with Crippen LogP contribution in [0.15, 0.2) is 18.2 Å². The first-order valence-corrected chi connectivity index (χ1v) is 5.40. The Hall–Kier alpha value is -0.980. The summed E-state index contributed by atoms with van der Waals surface area (Å²) in [5.74, 6) is 1.62. The molecule has 0 aliphatic rings. The zero-order valence-electron chi connectivity index (χ0n) is 7.67. The molecule has 0 radical (unpaired) electrons. The minimum Gasteiger partial charge on any atom is -0.494 e. The van der Waals surface area contributed by atoms with Gasteiger partial charge in [0.1, 0.15) is 5.75 Å². The van der Waals surface area contributed by atoms with E-state index in [2.05, 4.69) is 13.5 Å². The standard InChI is InChI=1S/C9H10IN3O/c1-2-14-6-3-4-7-8(5-6)12-9(11-7)13-10/h3-5H,2H2,1H3,(H2,11,12,13). The Balaban J connectivity index is 2.43. The molecule has 1 aromatic carbocycles. The molecule has 0 aliphatic heterocycles. The summed E-state index contributed by atoms with van der Waals surface area (Å²) >= 11 is 2.04. The summed E-state index contributed by atoms with van der Waals surface area (Å²) < 4.78 is 8.32. The van der Waals surface area contributed by atoms with Crippen molar-refractivity contribution in [1.29, 1.82) is 0 Å². The SMILES string of the molecule is CCOc1ccc2nc(NI)[nH]c2c1. The van der Waals surface area contributed by atoms with Gasteiger partial charge in [0, 0.05) is 6.07 Å². The lowest BCUT2D eigenvalue weighted by Gasteiger charge is -2.00. The largest absolute Gasteiger partial charge is 0.494 e. The molecule has 5 heteroatoms. The third-order valence-electron chi connectivity index (χ3n) is 1.85. The number of fused-ring (bicyclic) bond motifs is 1. The number of hydrogen-bond acceptors (Lipinski definition) is 3. The van der Waals surface area contributed by atoms with Crippen molar-refractivity contribution in [3.05, 3.63) is 18.2 Å². The predicted molar refractivity (Wildman–Crippen MR) is 64.9 cm³/mol. The van der Waals surface area contributed by atoms with Crippen molar-refractivity contribution in [2.75, 3.05) is 10.1 Å². The Morgan fingerprint density at radius 1 is 1.57 bits per heavy atom. The fourth-order valence-corrected chi connectivity index (χ4v) is 1.55. The summed E-state index contributed by atoms with van der Waals surface area (Å²) in [7, 11) is 0. The second-order valence-electron chi connectivity index (χ2n) is 2.79. The van der Waals surface area contributed by atoms with E-state index in [0.29, 0.717) is 6.61 Å².